The van der Waals surface area contributed by atoms with E-state index < -0.39 is 85.3 Å². The van der Waals surface area contributed by atoms with E-state index in [4.69, 9.17) is 23.7 Å². The molecule has 2 fully saturated rings. The van der Waals surface area contributed by atoms with Gasteiger partial charge in [0.15, 0.2) is 23.5 Å². The fourth-order valence-electron chi connectivity index (χ4n) is 3.04. The lowest BCUT2D eigenvalue weighted by atomic mass is 9.98. The number of aliphatic hydroxyl groups is 5. The minimum absolute atomic E-state index is 0.392. The first kappa shape index (κ1) is 24.4. The second-order valence-corrected chi connectivity index (χ2v) is 7.60. The summed E-state index contributed by atoms with van der Waals surface area (Å²) in [7, 11) is 0. The highest BCUT2D eigenvalue weighted by Crippen LogP contribution is 2.29. The van der Waals surface area contributed by atoms with Crippen molar-refractivity contribution in [3.05, 3.63) is 0 Å². The topological polar surface area (TPSA) is 181 Å². The van der Waals surface area contributed by atoms with Crippen molar-refractivity contribution in [3.8, 4) is 0 Å². The van der Waals surface area contributed by atoms with Crippen LogP contribution in [-0.4, -0.2) is 111 Å². The van der Waals surface area contributed by atoms with Gasteiger partial charge >= 0.3 is 11.9 Å². The van der Waals surface area contributed by atoms with Crippen LogP contribution in [0.2, 0.25) is 0 Å². The van der Waals surface area contributed by atoms with Crippen LogP contribution in [-0.2, 0) is 33.3 Å². The van der Waals surface area contributed by atoms with Crippen molar-refractivity contribution in [1.82, 2.24) is 0 Å². The van der Waals surface area contributed by atoms with Crippen LogP contribution in [0.1, 0.15) is 13.8 Å². The first-order chi connectivity index (χ1) is 13.6. The second-order valence-electron chi connectivity index (χ2n) is 6.69. The van der Waals surface area contributed by atoms with E-state index in [1.54, 1.807) is 0 Å². The summed E-state index contributed by atoms with van der Waals surface area (Å²) in [5, 5.41) is 48.9. The van der Waals surface area contributed by atoms with Crippen LogP contribution >= 0.6 is 15.9 Å². The molecule has 0 aromatic heterocycles. The Morgan fingerprint density at radius 3 is 1.93 bits per heavy atom. The number of hydrogen-bond donors (Lipinski definition) is 5. The maximum absolute atomic E-state index is 11.3. The second kappa shape index (κ2) is 10.4. The van der Waals surface area contributed by atoms with Gasteiger partial charge in [-0.3, -0.25) is 9.59 Å². The molecule has 5 N–H and O–H groups in total. The quantitative estimate of drug-likeness (QED) is 0.191. The number of halogens is 1. The molecule has 2 aliphatic heterocycles. The summed E-state index contributed by atoms with van der Waals surface area (Å²) in [4.78, 5) is 22.4. The average molecular weight is 489 g/mol. The molecule has 10 atom stereocenters. The van der Waals surface area contributed by atoms with Crippen LogP contribution < -0.4 is 0 Å². The normalized spacial score (nSPS) is 42.9. The first-order valence-electron chi connectivity index (χ1n) is 8.81. The minimum atomic E-state index is -1.60. The molecule has 2 heterocycles. The van der Waals surface area contributed by atoms with Gasteiger partial charge in [-0.25, -0.2) is 0 Å². The van der Waals surface area contributed by atoms with Gasteiger partial charge in [-0.05, 0) is 0 Å². The van der Waals surface area contributed by atoms with Crippen LogP contribution in [0, 0.1) is 0 Å². The largest absolute Gasteiger partial charge is 0.456 e. The molecule has 12 nitrogen and oxygen atoms in total. The predicted octanol–water partition coefficient (Wildman–Crippen LogP) is -2.85. The maximum atomic E-state index is 11.3. The first-order valence-corrected chi connectivity index (χ1v) is 9.72. The number of alkyl halides is 1. The fourth-order valence-corrected chi connectivity index (χ4v) is 3.74. The van der Waals surface area contributed by atoms with E-state index in [-0.39, 0.29) is 0 Å². The summed E-state index contributed by atoms with van der Waals surface area (Å²) >= 11 is 3.11. The summed E-state index contributed by atoms with van der Waals surface area (Å²) in [6, 6.07) is 0. The Labute approximate surface area is 174 Å². The van der Waals surface area contributed by atoms with Crippen LogP contribution in [0.5, 0.6) is 0 Å². The number of ether oxygens (including phenoxy) is 5. The van der Waals surface area contributed by atoms with E-state index in [0.717, 1.165) is 13.8 Å². The van der Waals surface area contributed by atoms with Gasteiger partial charge in [0.05, 0.1) is 13.2 Å². The van der Waals surface area contributed by atoms with E-state index in [1.807, 2.05) is 0 Å². The van der Waals surface area contributed by atoms with E-state index >= 15 is 0 Å². The molecule has 0 aromatic rings. The molecule has 0 radical (unpaired) electrons. The molecule has 0 unspecified atom stereocenters. The summed E-state index contributed by atoms with van der Waals surface area (Å²) in [5.41, 5.74) is 0. The van der Waals surface area contributed by atoms with Gasteiger partial charge in [0, 0.05) is 13.8 Å². The Bertz CT molecular complexity index is 576. The molecular formula is C16H25BrO12. The summed E-state index contributed by atoms with van der Waals surface area (Å²) in [5.74, 6) is -1.44. The van der Waals surface area contributed by atoms with Crippen molar-refractivity contribution in [2.24, 2.45) is 0 Å². The van der Waals surface area contributed by atoms with Crippen molar-refractivity contribution in [1.29, 1.82) is 0 Å². The zero-order valence-corrected chi connectivity index (χ0v) is 17.2. The summed E-state index contributed by atoms with van der Waals surface area (Å²) < 4.78 is 26.1. The van der Waals surface area contributed by atoms with Gasteiger partial charge in [-0.15, -0.1) is 0 Å². The van der Waals surface area contributed by atoms with Crippen molar-refractivity contribution < 1.29 is 58.8 Å². The average Bonchev–Trinajstić information content (AvgIpc) is 2.65. The molecule has 2 rings (SSSR count). The Morgan fingerprint density at radius 1 is 0.862 bits per heavy atom. The molecule has 0 aromatic carbocycles. The molecule has 0 saturated carbocycles. The minimum Gasteiger partial charge on any atom is -0.456 e. The molecule has 168 valence electrons. The highest BCUT2D eigenvalue weighted by molar-refractivity contribution is 9.09. The van der Waals surface area contributed by atoms with Crippen LogP contribution in [0.4, 0.5) is 0 Å². The van der Waals surface area contributed by atoms with Gasteiger partial charge in [0.1, 0.15) is 36.6 Å². The predicted molar refractivity (Wildman–Crippen MR) is 94.4 cm³/mol. The third-order valence-corrected chi connectivity index (χ3v) is 5.22. The lowest BCUT2D eigenvalue weighted by Gasteiger charge is -2.43. The lowest BCUT2D eigenvalue weighted by molar-refractivity contribution is -0.313. The molecular weight excluding hydrogens is 464 g/mol. The zero-order chi connectivity index (χ0) is 21.9. The van der Waals surface area contributed by atoms with Crippen LogP contribution in [0.25, 0.3) is 0 Å². The Kier molecular flexibility index (Phi) is 8.75. The number of carbonyl (C=O) groups is 2. The fraction of sp³-hybridized carbons (Fsp3) is 0.875. The molecule has 13 heteroatoms. The number of rotatable bonds is 6. The lowest BCUT2D eigenvalue weighted by Crippen LogP contribution is -2.62. The Balaban J connectivity index is 2.05. The Morgan fingerprint density at radius 2 is 1.38 bits per heavy atom. The van der Waals surface area contributed by atoms with Gasteiger partial charge in [-0.2, -0.15) is 0 Å². The summed E-state index contributed by atoms with van der Waals surface area (Å²) in [6.45, 7) is 1.19. The number of carbonyl (C=O) groups excluding carboxylic acids is 2. The standard InChI is InChI=1S/C16H25BrO12/c1-5(19)26-13-11(23)10(22)8(28-15(13)17)4-25-16-14(27-6(2)20)12(24)9(21)7(3-18)29-16/h7-16,18,21-24H,3-4H2,1-2H3/t7-,8-,9-,10-,11+,12+,13-,14-,15+,16-/m1/s1. The van der Waals surface area contributed by atoms with Gasteiger partial charge in [0.25, 0.3) is 0 Å². The highest BCUT2D eigenvalue weighted by atomic mass is 79.9. The van der Waals surface area contributed by atoms with E-state index in [9.17, 15) is 35.1 Å². The molecule has 2 aliphatic rings. The van der Waals surface area contributed by atoms with Crippen molar-refractivity contribution in [2.75, 3.05) is 13.2 Å². The smallest absolute Gasteiger partial charge is 0.303 e. The zero-order valence-electron chi connectivity index (χ0n) is 15.7. The van der Waals surface area contributed by atoms with Gasteiger partial charge in [-0.1, -0.05) is 15.9 Å². The molecule has 0 spiro atoms. The van der Waals surface area contributed by atoms with E-state index in [1.165, 1.54) is 0 Å². The van der Waals surface area contributed by atoms with Gasteiger partial charge < -0.3 is 49.2 Å². The van der Waals surface area contributed by atoms with Crippen molar-refractivity contribution >= 4 is 27.9 Å². The molecule has 0 aliphatic carbocycles. The van der Waals surface area contributed by atoms with Crippen molar-refractivity contribution in [2.45, 2.75) is 74.0 Å². The monoisotopic (exact) mass is 488 g/mol. The van der Waals surface area contributed by atoms with Crippen molar-refractivity contribution in [3.63, 3.8) is 0 Å². The van der Waals surface area contributed by atoms with E-state index in [0.29, 0.717) is 0 Å². The maximum Gasteiger partial charge on any atom is 0.303 e. The Hall–Kier alpha value is -0.900. The SMILES string of the molecule is CC(=O)O[C@@H]1[C@@H](O)[C@H](O)[C@@H](CO[C@@H]2O[C@H](CO)[C@@H](O)[C@H](O)[C@H]2OC(C)=O)O[C@@H]1Br. The molecule has 0 bridgehead atoms. The highest BCUT2D eigenvalue weighted by Gasteiger charge is 2.49. The van der Waals surface area contributed by atoms with E-state index in [2.05, 4.69) is 15.9 Å². The number of aliphatic hydroxyl groups excluding tert-OH is 5. The number of hydrogen-bond acceptors (Lipinski definition) is 12. The van der Waals surface area contributed by atoms with Crippen LogP contribution in [0.15, 0.2) is 0 Å². The molecule has 29 heavy (non-hydrogen) atoms. The summed E-state index contributed by atoms with van der Waals surface area (Å²) in [6.07, 6.45) is -12.4. The van der Waals surface area contributed by atoms with Gasteiger partial charge in [0.2, 0.25) is 0 Å². The third kappa shape index (κ3) is 5.83. The third-order valence-electron chi connectivity index (χ3n) is 4.48. The molecule has 0 amide bonds. The number of esters is 2. The molecule has 2 saturated heterocycles. The van der Waals surface area contributed by atoms with Crippen LogP contribution in [0.3, 0.4) is 0 Å².